The Labute approximate surface area is 144 Å². The molecule has 0 bridgehead atoms. The fourth-order valence-corrected chi connectivity index (χ4v) is 2.75. The van der Waals surface area contributed by atoms with Gasteiger partial charge in [-0.25, -0.2) is 4.39 Å². The summed E-state index contributed by atoms with van der Waals surface area (Å²) in [5.74, 6) is 1.14. The van der Waals surface area contributed by atoms with Gasteiger partial charge >= 0.3 is 0 Å². The summed E-state index contributed by atoms with van der Waals surface area (Å²) < 4.78 is 18.7. The molecule has 0 radical (unpaired) electrons. The van der Waals surface area contributed by atoms with Crippen LogP contribution in [0.25, 0.3) is 0 Å². The second kappa shape index (κ2) is 9.59. The summed E-state index contributed by atoms with van der Waals surface area (Å²) in [6.45, 7) is 9.13. The Kier molecular flexibility index (Phi) is 7.46. The molecule has 1 aliphatic heterocycles. The summed E-state index contributed by atoms with van der Waals surface area (Å²) in [5.41, 5.74) is 1.10. The Balaban J connectivity index is 2.03. The highest BCUT2D eigenvalue weighted by Gasteiger charge is 2.23. The van der Waals surface area contributed by atoms with E-state index in [0.29, 0.717) is 12.5 Å². The SMILES string of the molecule is CN=C(NCC(C)C)NCC(c1ccc(F)cc1)N1CCOCC1. The molecule has 2 rings (SSSR count). The van der Waals surface area contributed by atoms with Crippen LogP contribution in [-0.2, 0) is 4.74 Å². The summed E-state index contributed by atoms with van der Waals surface area (Å²) in [4.78, 5) is 6.65. The molecule has 0 aliphatic carbocycles. The van der Waals surface area contributed by atoms with E-state index in [1.807, 2.05) is 12.1 Å². The van der Waals surface area contributed by atoms with Gasteiger partial charge in [0.1, 0.15) is 5.82 Å². The standard InChI is InChI=1S/C18H29FN4O/c1-14(2)12-21-18(20-3)22-13-17(23-8-10-24-11-9-23)15-4-6-16(19)7-5-15/h4-7,14,17H,8-13H2,1-3H3,(H2,20,21,22). The van der Waals surface area contributed by atoms with Gasteiger partial charge in [-0.2, -0.15) is 0 Å². The average molecular weight is 336 g/mol. The van der Waals surface area contributed by atoms with Crippen molar-refractivity contribution in [1.29, 1.82) is 0 Å². The van der Waals surface area contributed by atoms with Crippen LogP contribution in [-0.4, -0.2) is 57.3 Å². The predicted octanol–water partition coefficient (Wildman–Crippen LogP) is 2.02. The van der Waals surface area contributed by atoms with Gasteiger partial charge in [-0.05, 0) is 23.6 Å². The average Bonchev–Trinajstić information content (AvgIpc) is 2.60. The van der Waals surface area contributed by atoms with Crippen LogP contribution in [0.4, 0.5) is 4.39 Å². The topological polar surface area (TPSA) is 48.9 Å². The second-order valence-corrected chi connectivity index (χ2v) is 6.44. The van der Waals surface area contributed by atoms with Crippen LogP contribution in [0.2, 0.25) is 0 Å². The minimum atomic E-state index is -0.207. The lowest BCUT2D eigenvalue weighted by Gasteiger charge is -2.35. The monoisotopic (exact) mass is 336 g/mol. The van der Waals surface area contributed by atoms with Gasteiger partial charge in [0.05, 0.1) is 19.3 Å². The minimum absolute atomic E-state index is 0.159. The molecule has 5 nitrogen and oxygen atoms in total. The first-order valence-electron chi connectivity index (χ1n) is 8.62. The smallest absolute Gasteiger partial charge is 0.191 e. The highest BCUT2D eigenvalue weighted by atomic mass is 19.1. The van der Waals surface area contributed by atoms with Crippen molar-refractivity contribution in [3.05, 3.63) is 35.6 Å². The van der Waals surface area contributed by atoms with Crippen LogP contribution in [0, 0.1) is 11.7 Å². The molecule has 1 aromatic carbocycles. The molecule has 0 saturated carbocycles. The van der Waals surface area contributed by atoms with Crippen molar-refractivity contribution in [2.24, 2.45) is 10.9 Å². The number of ether oxygens (including phenoxy) is 1. The van der Waals surface area contributed by atoms with Gasteiger partial charge < -0.3 is 15.4 Å². The molecule has 0 amide bonds. The molecule has 1 unspecified atom stereocenters. The molecule has 1 saturated heterocycles. The molecule has 1 aromatic rings. The quantitative estimate of drug-likeness (QED) is 0.616. The summed E-state index contributed by atoms with van der Waals surface area (Å²) in [6, 6.07) is 6.93. The molecule has 1 fully saturated rings. The Morgan fingerprint density at radius 3 is 2.38 bits per heavy atom. The normalized spacial score (nSPS) is 17.8. The largest absolute Gasteiger partial charge is 0.379 e. The third-order valence-corrected chi connectivity index (χ3v) is 4.11. The van der Waals surface area contributed by atoms with E-state index in [9.17, 15) is 4.39 Å². The van der Waals surface area contributed by atoms with Gasteiger partial charge in [-0.1, -0.05) is 26.0 Å². The third kappa shape index (κ3) is 5.76. The van der Waals surface area contributed by atoms with E-state index in [-0.39, 0.29) is 11.9 Å². The zero-order chi connectivity index (χ0) is 17.4. The Hall–Kier alpha value is -1.66. The molecule has 1 heterocycles. The van der Waals surface area contributed by atoms with Gasteiger partial charge in [0.15, 0.2) is 5.96 Å². The van der Waals surface area contributed by atoms with E-state index in [0.717, 1.165) is 44.4 Å². The van der Waals surface area contributed by atoms with E-state index in [4.69, 9.17) is 4.74 Å². The zero-order valence-electron chi connectivity index (χ0n) is 14.9. The predicted molar refractivity (Wildman–Crippen MR) is 95.7 cm³/mol. The maximum Gasteiger partial charge on any atom is 0.191 e. The highest BCUT2D eigenvalue weighted by molar-refractivity contribution is 5.79. The van der Waals surface area contributed by atoms with E-state index in [1.54, 1.807) is 7.05 Å². The minimum Gasteiger partial charge on any atom is -0.379 e. The van der Waals surface area contributed by atoms with Crippen LogP contribution < -0.4 is 10.6 Å². The van der Waals surface area contributed by atoms with E-state index in [1.165, 1.54) is 12.1 Å². The van der Waals surface area contributed by atoms with E-state index < -0.39 is 0 Å². The van der Waals surface area contributed by atoms with Crippen LogP contribution in [0.15, 0.2) is 29.3 Å². The van der Waals surface area contributed by atoms with E-state index in [2.05, 4.69) is 34.4 Å². The lowest BCUT2D eigenvalue weighted by Crippen LogP contribution is -2.46. The Morgan fingerprint density at radius 2 is 1.79 bits per heavy atom. The number of hydrogen-bond acceptors (Lipinski definition) is 3. The Morgan fingerprint density at radius 1 is 1.17 bits per heavy atom. The third-order valence-electron chi connectivity index (χ3n) is 4.11. The maximum atomic E-state index is 13.3. The fourth-order valence-electron chi connectivity index (χ4n) is 2.75. The number of benzene rings is 1. The van der Waals surface area contributed by atoms with Crippen molar-refractivity contribution >= 4 is 5.96 Å². The van der Waals surface area contributed by atoms with Crippen LogP contribution >= 0.6 is 0 Å². The number of hydrogen-bond donors (Lipinski definition) is 2. The van der Waals surface area contributed by atoms with Crippen LogP contribution in [0.3, 0.4) is 0 Å². The molecule has 24 heavy (non-hydrogen) atoms. The van der Waals surface area contributed by atoms with Gasteiger partial charge in [0.2, 0.25) is 0 Å². The number of halogens is 1. The molecular weight excluding hydrogens is 307 g/mol. The molecule has 6 heteroatoms. The summed E-state index contributed by atoms with van der Waals surface area (Å²) in [6.07, 6.45) is 0. The van der Waals surface area contributed by atoms with Gasteiger partial charge in [-0.3, -0.25) is 9.89 Å². The number of nitrogens with one attached hydrogen (secondary N) is 2. The molecule has 0 aromatic heterocycles. The first-order chi connectivity index (χ1) is 11.6. The highest BCUT2D eigenvalue weighted by Crippen LogP contribution is 2.21. The summed E-state index contributed by atoms with van der Waals surface area (Å²) in [7, 11) is 1.78. The number of aliphatic imine (C=N–C) groups is 1. The molecule has 134 valence electrons. The molecule has 1 atom stereocenters. The second-order valence-electron chi connectivity index (χ2n) is 6.44. The fraction of sp³-hybridized carbons (Fsp3) is 0.611. The number of rotatable bonds is 6. The van der Waals surface area contributed by atoms with E-state index >= 15 is 0 Å². The van der Waals surface area contributed by atoms with Crippen molar-refractivity contribution in [3.8, 4) is 0 Å². The number of nitrogens with zero attached hydrogens (tertiary/aromatic N) is 2. The van der Waals surface area contributed by atoms with Crippen molar-refractivity contribution in [2.75, 3.05) is 46.4 Å². The van der Waals surface area contributed by atoms with Gasteiger partial charge in [-0.15, -0.1) is 0 Å². The molecule has 1 aliphatic rings. The zero-order valence-corrected chi connectivity index (χ0v) is 14.9. The lowest BCUT2D eigenvalue weighted by atomic mass is 10.0. The van der Waals surface area contributed by atoms with Crippen molar-refractivity contribution in [1.82, 2.24) is 15.5 Å². The summed E-state index contributed by atoms with van der Waals surface area (Å²) >= 11 is 0. The van der Waals surface area contributed by atoms with Gasteiger partial charge in [0, 0.05) is 33.2 Å². The Bertz CT molecular complexity index is 512. The van der Waals surface area contributed by atoms with Gasteiger partial charge in [0.25, 0.3) is 0 Å². The first kappa shape index (κ1) is 18.7. The molecule has 2 N–H and O–H groups in total. The lowest BCUT2D eigenvalue weighted by molar-refractivity contribution is 0.0170. The summed E-state index contributed by atoms with van der Waals surface area (Å²) in [5, 5.41) is 6.72. The molecular formula is C18H29FN4O. The number of morpholine rings is 1. The maximum absolute atomic E-state index is 13.3. The first-order valence-corrected chi connectivity index (χ1v) is 8.62. The number of guanidine groups is 1. The van der Waals surface area contributed by atoms with Crippen molar-refractivity contribution in [2.45, 2.75) is 19.9 Å². The van der Waals surface area contributed by atoms with Crippen molar-refractivity contribution in [3.63, 3.8) is 0 Å². The van der Waals surface area contributed by atoms with Crippen LogP contribution in [0.5, 0.6) is 0 Å². The molecule has 0 spiro atoms. The van der Waals surface area contributed by atoms with Crippen molar-refractivity contribution < 1.29 is 9.13 Å². The van der Waals surface area contributed by atoms with Crippen LogP contribution in [0.1, 0.15) is 25.5 Å².